The van der Waals surface area contributed by atoms with Gasteiger partial charge in [0, 0.05) is 10.6 Å². The molecule has 0 aliphatic carbocycles. The number of nitrogens with one attached hydrogen (secondary N) is 1. The Balaban J connectivity index is 1.37. The summed E-state index contributed by atoms with van der Waals surface area (Å²) in [5, 5.41) is 9.56. The zero-order valence-electron chi connectivity index (χ0n) is 16.3. The quantitative estimate of drug-likeness (QED) is 0.453. The minimum absolute atomic E-state index is 0.122. The van der Waals surface area contributed by atoms with E-state index in [1.54, 1.807) is 24.3 Å². The average molecular weight is 422 g/mol. The molecule has 30 heavy (non-hydrogen) atoms. The molecule has 0 spiro atoms. The van der Waals surface area contributed by atoms with Gasteiger partial charge < -0.3 is 14.6 Å². The number of carbonyl (C=O) groups is 1. The van der Waals surface area contributed by atoms with Crippen molar-refractivity contribution in [3.63, 3.8) is 0 Å². The van der Waals surface area contributed by atoms with Crippen LogP contribution in [0.4, 0.5) is 0 Å². The fourth-order valence-electron chi connectivity index (χ4n) is 3.05. The molecule has 1 amide bonds. The van der Waals surface area contributed by atoms with Gasteiger partial charge in [0.2, 0.25) is 11.7 Å². The number of amides is 1. The molecule has 152 valence electrons. The molecule has 4 rings (SSSR count). The molecule has 0 bridgehead atoms. The van der Waals surface area contributed by atoms with Gasteiger partial charge in [-0.1, -0.05) is 54.0 Å². The van der Waals surface area contributed by atoms with Crippen LogP contribution >= 0.6 is 11.6 Å². The molecular weight excluding hydrogens is 402 g/mol. The first kappa shape index (κ1) is 19.9. The number of aromatic nitrogens is 2. The van der Waals surface area contributed by atoms with Crippen LogP contribution in [0, 0.1) is 0 Å². The summed E-state index contributed by atoms with van der Waals surface area (Å²) in [7, 11) is 0. The number of carbonyl (C=O) groups excluding carboxylic acids is 1. The van der Waals surface area contributed by atoms with Crippen molar-refractivity contribution in [2.45, 2.75) is 26.0 Å². The van der Waals surface area contributed by atoms with Gasteiger partial charge in [-0.15, -0.1) is 0 Å². The lowest BCUT2D eigenvalue weighted by Crippen LogP contribution is -2.37. The molecule has 1 atom stereocenters. The molecule has 7 heteroatoms. The van der Waals surface area contributed by atoms with E-state index < -0.39 is 6.10 Å². The third-order valence-electron chi connectivity index (χ3n) is 4.65. The van der Waals surface area contributed by atoms with Gasteiger partial charge in [0.25, 0.3) is 5.91 Å². The first-order chi connectivity index (χ1) is 14.6. The third-order valence-corrected chi connectivity index (χ3v) is 4.90. The maximum absolute atomic E-state index is 12.6. The predicted octanol–water partition coefficient (Wildman–Crippen LogP) is 5.02. The van der Waals surface area contributed by atoms with Crippen molar-refractivity contribution in [1.29, 1.82) is 0 Å². The van der Waals surface area contributed by atoms with Crippen LogP contribution in [0.5, 0.6) is 5.75 Å². The molecule has 0 unspecified atom stereocenters. The van der Waals surface area contributed by atoms with Crippen LogP contribution in [0.1, 0.15) is 19.2 Å². The highest BCUT2D eigenvalue weighted by Gasteiger charge is 2.19. The maximum atomic E-state index is 12.6. The zero-order valence-corrected chi connectivity index (χ0v) is 17.1. The summed E-state index contributed by atoms with van der Waals surface area (Å²) >= 11 is 5.90. The summed E-state index contributed by atoms with van der Waals surface area (Å²) in [6.45, 7) is 2.02. The maximum Gasteiger partial charge on any atom is 0.261 e. The summed E-state index contributed by atoms with van der Waals surface area (Å²) in [6, 6.07) is 20.9. The number of halogens is 1. The Morgan fingerprint density at radius 3 is 2.63 bits per heavy atom. The molecule has 0 aliphatic heterocycles. The summed E-state index contributed by atoms with van der Waals surface area (Å²) < 4.78 is 11.1. The van der Waals surface area contributed by atoms with Gasteiger partial charge in [-0.05, 0) is 53.6 Å². The number of nitrogens with zero attached hydrogens (tertiary/aromatic N) is 2. The van der Waals surface area contributed by atoms with E-state index in [4.69, 9.17) is 20.9 Å². The van der Waals surface area contributed by atoms with Crippen molar-refractivity contribution in [1.82, 2.24) is 15.5 Å². The fourth-order valence-corrected chi connectivity index (χ4v) is 3.17. The second-order valence-corrected chi connectivity index (χ2v) is 7.20. The summed E-state index contributed by atoms with van der Waals surface area (Å²) in [4.78, 5) is 16.9. The van der Waals surface area contributed by atoms with E-state index in [-0.39, 0.29) is 12.5 Å². The molecule has 3 aromatic carbocycles. The molecule has 0 radical (unpaired) electrons. The monoisotopic (exact) mass is 421 g/mol. The smallest absolute Gasteiger partial charge is 0.261 e. The highest BCUT2D eigenvalue weighted by molar-refractivity contribution is 6.30. The van der Waals surface area contributed by atoms with E-state index in [1.165, 1.54) is 0 Å². The summed E-state index contributed by atoms with van der Waals surface area (Å²) in [5.74, 6) is 1.17. The van der Waals surface area contributed by atoms with Gasteiger partial charge in [-0.25, -0.2) is 0 Å². The van der Waals surface area contributed by atoms with Crippen LogP contribution in [0.25, 0.3) is 22.2 Å². The normalized spacial score (nSPS) is 11.9. The molecular formula is C23H20ClN3O3. The van der Waals surface area contributed by atoms with Crippen LogP contribution < -0.4 is 10.1 Å². The Bertz CT molecular complexity index is 1160. The van der Waals surface area contributed by atoms with Crippen molar-refractivity contribution < 1.29 is 14.1 Å². The van der Waals surface area contributed by atoms with E-state index in [1.807, 2.05) is 49.4 Å². The van der Waals surface area contributed by atoms with Crippen LogP contribution in [0.2, 0.25) is 5.02 Å². The van der Waals surface area contributed by atoms with Gasteiger partial charge in [-0.3, -0.25) is 4.79 Å². The predicted molar refractivity (Wildman–Crippen MR) is 115 cm³/mol. The second-order valence-electron chi connectivity index (χ2n) is 6.76. The molecule has 1 aromatic heterocycles. The minimum atomic E-state index is -0.621. The first-order valence-corrected chi connectivity index (χ1v) is 10.0. The molecule has 1 heterocycles. The van der Waals surface area contributed by atoms with E-state index in [2.05, 4.69) is 15.5 Å². The van der Waals surface area contributed by atoms with Crippen molar-refractivity contribution in [3.05, 3.63) is 77.6 Å². The van der Waals surface area contributed by atoms with E-state index >= 15 is 0 Å². The van der Waals surface area contributed by atoms with Crippen LogP contribution in [0.3, 0.4) is 0 Å². The number of hydrogen-bond acceptors (Lipinski definition) is 5. The molecule has 0 saturated heterocycles. The Hall–Kier alpha value is -3.38. The lowest BCUT2D eigenvalue weighted by molar-refractivity contribution is -0.128. The van der Waals surface area contributed by atoms with Crippen LogP contribution in [-0.2, 0) is 11.3 Å². The minimum Gasteiger partial charge on any atom is -0.481 e. The van der Waals surface area contributed by atoms with Gasteiger partial charge in [0.05, 0.1) is 6.54 Å². The lowest BCUT2D eigenvalue weighted by Gasteiger charge is -2.17. The number of rotatable bonds is 7. The summed E-state index contributed by atoms with van der Waals surface area (Å²) in [5.41, 5.74) is 0.784. The van der Waals surface area contributed by atoms with Crippen molar-refractivity contribution in [2.24, 2.45) is 0 Å². The molecule has 1 N–H and O–H groups in total. The van der Waals surface area contributed by atoms with Gasteiger partial charge in [0.15, 0.2) is 6.10 Å². The number of benzene rings is 3. The Kier molecular flexibility index (Phi) is 5.95. The van der Waals surface area contributed by atoms with E-state index in [0.717, 1.165) is 16.3 Å². The Labute approximate surface area is 178 Å². The number of ether oxygens (including phenoxy) is 1. The van der Waals surface area contributed by atoms with Crippen molar-refractivity contribution in [2.75, 3.05) is 0 Å². The average Bonchev–Trinajstić information content (AvgIpc) is 3.25. The second kappa shape index (κ2) is 8.97. The highest BCUT2D eigenvalue weighted by Crippen LogP contribution is 2.22. The third kappa shape index (κ3) is 4.60. The molecule has 0 aliphatic rings. The van der Waals surface area contributed by atoms with Crippen LogP contribution in [-0.4, -0.2) is 22.2 Å². The van der Waals surface area contributed by atoms with Crippen molar-refractivity contribution >= 4 is 28.3 Å². The highest BCUT2D eigenvalue weighted by atomic mass is 35.5. The van der Waals surface area contributed by atoms with Crippen LogP contribution in [0.15, 0.2) is 71.3 Å². The van der Waals surface area contributed by atoms with Gasteiger partial charge in [-0.2, -0.15) is 4.98 Å². The molecule has 6 nitrogen and oxygen atoms in total. The summed E-state index contributed by atoms with van der Waals surface area (Å²) in [6.07, 6.45) is -0.0942. The molecule has 0 fully saturated rings. The Morgan fingerprint density at radius 2 is 1.87 bits per heavy atom. The number of hydrogen-bond donors (Lipinski definition) is 1. The number of fused-ring (bicyclic) bond motifs is 1. The lowest BCUT2D eigenvalue weighted by atomic mass is 10.1. The largest absolute Gasteiger partial charge is 0.481 e. The zero-order chi connectivity index (χ0) is 20.9. The fraction of sp³-hybridized carbons (Fsp3) is 0.174. The van der Waals surface area contributed by atoms with E-state index in [0.29, 0.717) is 28.9 Å². The topological polar surface area (TPSA) is 77.2 Å². The van der Waals surface area contributed by atoms with E-state index in [9.17, 15) is 4.79 Å². The van der Waals surface area contributed by atoms with Gasteiger partial charge in [0.1, 0.15) is 5.75 Å². The van der Waals surface area contributed by atoms with Gasteiger partial charge >= 0.3 is 0 Å². The first-order valence-electron chi connectivity index (χ1n) is 9.64. The SMILES string of the molecule is CC[C@H](Oc1ccc2ccccc2c1)C(=O)NCc1nc(-c2ccc(Cl)cc2)no1. The van der Waals surface area contributed by atoms with Crippen molar-refractivity contribution in [3.8, 4) is 17.1 Å². The standard InChI is InChI=1S/C23H20ClN3O3/c1-2-20(29-19-12-9-15-5-3-4-6-17(15)13-19)23(28)25-14-21-26-22(27-30-21)16-7-10-18(24)11-8-16/h3-13,20H,2,14H2,1H3,(H,25,28)/t20-/m0/s1. The molecule has 0 saturated carbocycles. The molecule has 4 aromatic rings. The Morgan fingerprint density at radius 1 is 1.10 bits per heavy atom.